The Morgan fingerprint density at radius 2 is 2.22 bits per heavy atom. The number of nitrogens with zero attached hydrogens (tertiary/aromatic N) is 3. The lowest BCUT2D eigenvalue weighted by molar-refractivity contribution is -0.384. The Labute approximate surface area is 128 Å². The van der Waals surface area contributed by atoms with Gasteiger partial charge in [0.15, 0.2) is 12.2 Å². The van der Waals surface area contributed by atoms with Crippen molar-refractivity contribution in [2.24, 2.45) is 0 Å². The maximum absolute atomic E-state index is 13.5. The molecular weight excluding hydrogens is 305 g/mol. The van der Waals surface area contributed by atoms with Crippen LogP contribution >= 0.6 is 0 Å². The van der Waals surface area contributed by atoms with Gasteiger partial charge in [0.2, 0.25) is 5.89 Å². The second-order valence-electron chi connectivity index (χ2n) is 4.53. The van der Waals surface area contributed by atoms with E-state index in [4.69, 9.17) is 14.4 Å². The zero-order valence-corrected chi connectivity index (χ0v) is 11.5. The second kappa shape index (κ2) is 5.73. The molecule has 0 aliphatic rings. The number of hydrogen-bond acceptors (Lipinski definition) is 6. The van der Waals surface area contributed by atoms with Crippen molar-refractivity contribution >= 4 is 16.8 Å². The molecule has 3 aromatic rings. The first-order chi connectivity index (χ1) is 11.1. The van der Waals surface area contributed by atoms with Gasteiger partial charge in [-0.2, -0.15) is 5.26 Å². The highest BCUT2D eigenvalue weighted by Gasteiger charge is 2.13. The van der Waals surface area contributed by atoms with E-state index in [9.17, 15) is 14.5 Å². The summed E-state index contributed by atoms with van der Waals surface area (Å²) in [6, 6.07) is 9.77. The predicted octanol–water partition coefficient (Wildman–Crippen LogP) is 3.33. The van der Waals surface area contributed by atoms with Crippen LogP contribution in [0.1, 0.15) is 11.5 Å². The van der Waals surface area contributed by atoms with E-state index in [0.717, 1.165) is 6.07 Å². The van der Waals surface area contributed by atoms with Gasteiger partial charge >= 0.3 is 0 Å². The zero-order valence-electron chi connectivity index (χ0n) is 11.5. The van der Waals surface area contributed by atoms with Crippen LogP contribution in [0.3, 0.4) is 0 Å². The molecule has 23 heavy (non-hydrogen) atoms. The summed E-state index contributed by atoms with van der Waals surface area (Å²) in [5.41, 5.74) is 0.376. The van der Waals surface area contributed by atoms with E-state index in [0.29, 0.717) is 11.1 Å². The summed E-state index contributed by atoms with van der Waals surface area (Å²) in [5, 5.41) is 19.6. The predicted molar refractivity (Wildman–Crippen MR) is 76.1 cm³/mol. The number of fused-ring (bicyclic) bond motifs is 1. The molecule has 0 aliphatic heterocycles. The van der Waals surface area contributed by atoms with Crippen molar-refractivity contribution in [3.05, 3.63) is 63.8 Å². The third-order valence-corrected chi connectivity index (χ3v) is 3.06. The molecule has 0 saturated heterocycles. The smallest absolute Gasteiger partial charge is 0.271 e. The van der Waals surface area contributed by atoms with Crippen LogP contribution in [-0.4, -0.2) is 9.91 Å². The van der Waals surface area contributed by atoms with Crippen molar-refractivity contribution in [3.63, 3.8) is 0 Å². The third-order valence-electron chi connectivity index (χ3n) is 3.06. The molecule has 3 rings (SSSR count). The van der Waals surface area contributed by atoms with E-state index in [1.54, 1.807) is 6.07 Å². The number of nitro groups is 1. The van der Waals surface area contributed by atoms with Crippen LogP contribution in [0, 0.1) is 27.3 Å². The summed E-state index contributed by atoms with van der Waals surface area (Å²) in [4.78, 5) is 14.3. The SMILES string of the molecule is N#Cc1c(F)cccc1OCc1nc2cc([N+](=O)[O-])ccc2o1. The van der Waals surface area contributed by atoms with Crippen LogP contribution in [0.4, 0.5) is 10.1 Å². The lowest BCUT2D eigenvalue weighted by Gasteiger charge is -2.05. The van der Waals surface area contributed by atoms with Crippen LogP contribution in [0.2, 0.25) is 0 Å². The maximum atomic E-state index is 13.5. The molecule has 0 unspecified atom stereocenters. The summed E-state index contributed by atoms with van der Waals surface area (Å²) in [6.07, 6.45) is 0. The highest BCUT2D eigenvalue weighted by Crippen LogP contribution is 2.24. The number of nitriles is 1. The number of non-ortho nitro benzene ring substituents is 1. The number of oxazole rings is 1. The van der Waals surface area contributed by atoms with Crippen molar-refractivity contribution < 1.29 is 18.5 Å². The first kappa shape index (κ1) is 14.5. The van der Waals surface area contributed by atoms with Gasteiger partial charge in [-0.3, -0.25) is 10.1 Å². The highest BCUT2D eigenvalue weighted by atomic mass is 19.1. The quantitative estimate of drug-likeness (QED) is 0.540. The molecule has 1 heterocycles. The molecular formula is C15H8FN3O4. The minimum atomic E-state index is -0.682. The van der Waals surface area contributed by atoms with E-state index < -0.39 is 10.7 Å². The van der Waals surface area contributed by atoms with Gasteiger partial charge in [-0.15, -0.1) is 0 Å². The van der Waals surface area contributed by atoms with Crippen molar-refractivity contribution in [1.29, 1.82) is 5.26 Å². The van der Waals surface area contributed by atoms with Gasteiger partial charge in [0.05, 0.1) is 4.92 Å². The molecule has 0 radical (unpaired) electrons. The number of nitro benzene ring substituents is 1. The Morgan fingerprint density at radius 3 is 2.96 bits per heavy atom. The molecule has 114 valence electrons. The standard InChI is InChI=1S/C15H8FN3O4/c16-11-2-1-3-13(10(11)7-17)22-8-15-18-12-6-9(19(20)21)4-5-14(12)23-15/h1-6H,8H2. The number of benzene rings is 2. The number of hydrogen-bond donors (Lipinski definition) is 0. The van der Waals surface area contributed by atoms with Crippen LogP contribution < -0.4 is 4.74 Å². The summed E-state index contributed by atoms with van der Waals surface area (Å²) in [7, 11) is 0. The molecule has 0 aliphatic carbocycles. The molecule has 0 amide bonds. The number of halogens is 1. The average Bonchev–Trinajstić information content (AvgIpc) is 2.94. The van der Waals surface area contributed by atoms with Gasteiger partial charge in [0.1, 0.15) is 28.7 Å². The normalized spacial score (nSPS) is 10.4. The number of aromatic nitrogens is 1. The topological polar surface area (TPSA) is 102 Å². The van der Waals surface area contributed by atoms with Crippen molar-refractivity contribution in [3.8, 4) is 11.8 Å². The van der Waals surface area contributed by atoms with Gasteiger partial charge in [0.25, 0.3) is 5.69 Å². The lowest BCUT2D eigenvalue weighted by Crippen LogP contribution is -1.98. The van der Waals surface area contributed by atoms with Crippen molar-refractivity contribution in [1.82, 2.24) is 4.98 Å². The third kappa shape index (κ3) is 2.80. The minimum absolute atomic E-state index is 0.0701. The van der Waals surface area contributed by atoms with Crippen LogP contribution in [-0.2, 0) is 6.61 Å². The fourth-order valence-electron chi connectivity index (χ4n) is 2.01. The first-order valence-electron chi connectivity index (χ1n) is 6.44. The van der Waals surface area contributed by atoms with Crippen LogP contribution in [0.5, 0.6) is 5.75 Å². The first-order valence-corrected chi connectivity index (χ1v) is 6.44. The van der Waals surface area contributed by atoms with E-state index in [1.807, 2.05) is 0 Å². The molecule has 7 nitrogen and oxygen atoms in total. The van der Waals surface area contributed by atoms with Gasteiger partial charge < -0.3 is 9.15 Å². The minimum Gasteiger partial charge on any atom is -0.482 e. The molecule has 0 spiro atoms. The number of rotatable bonds is 4. The highest BCUT2D eigenvalue weighted by molar-refractivity contribution is 5.75. The molecule has 2 aromatic carbocycles. The lowest BCUT2D eigenvalue weighted by atomic mass is 10.2. The molecule has 0 saturated carbocycles. The Kier molecular flexibility index (Phi) is 3.60. The Morgan fingerprint density at radius 1 is 1.39 bits per heavy atom. The van der Waals surface area contributed by atoms with Gasteiger partial charge in [0, 0.05) is 12.1 Å². The van der Waals surface area contributed by atoms with Crippen molar-refractivity contribution in [2.45, 2.75) is 6.61 Å². The Balaban J connectivity index is 1.84. The zero-order chi connectivity index (χ0) is 16.4. The summed E-state index contributed by atoms with van der Waals surface area (Å²) in [5.74, 6) is -0.451. The molecule has 1 aromatic heterocycles. The fourth-order valence-corrected chi connectivity index (χ4v) is 2.01. The van der Waals surface area contributed by atoms with Gasteiger partial charge in [-0.05, 0) is 18.2 Å². The average molecular weight is 313 g/mol. The fraction of sp³-hybridized carbons (Fsp3) is 0.0667. The molecule has 0 fully saturated rings. The van der Waals surface area contributed by atoms with Crippen molar-refractivity contribution in [2.75, 3.05) is 0 Å². The number of ether oxygens (including phenoxy) is 1. The summed E-state index contributed by atoms with van der Waals surface area (Å²) >= 11 is 0. The molecule has 0 bridgehead atoms. The van der Waals surface area contributed by atoms with Gasteiger partial charge in [-0.25, -0.2) is 9.37 Å². The second-order valence-corrected chi connectivity index (χ2v) is 4.53. The van der Waals surface area contributed by atoms with E-state index in [-0.39, 0.29) is 29.5 Å². The largest absolute Gasteiger partial charge is 0.482 e. The van der Waals surface area contributed by atoms with E-state index in [2.05, 4.69) is 4.98 Å². The molecule has 8 heteroatoms. The summed E-state index contributed by atoms with van der Waals surface area (Å²) in [6.45, 7) is -0.138. The van der Waals surface area contributed by atoms with E-state index in [1.165, 1.54) is 30.3 Å². The van der Waals surface area contributed by atoms with Crippen LogP contribution in [0.25, 0.3) is 11.1 Å². The monoisotopic (exact) mass is 313 g/mol. The molecule has 0 atom stereocenters. The Hall–Kier alpha value is -3.47. The summed E-state index contributed by atoms with van der Waals surface area (Å²) < 4.78 is 24.2. The Bertz CT molecular complexity index is 946. The molecule has 0 N–H and O–H groups in total. The maximum Gasteiger partial charge on any atom is 0.271 e. The van der Waals surface area contributed by atoms with E-state index >= 15 is 0 Å². The van der Waals surface area contributed by atoms with Crippen LogP contribution in [0.15, 0.2) is 40.8 Å². The van der Waals surface area contributed by atoms with Gasteiger partial charge in [-0.1, -0.05) is 6.07 Å².